The van der Waals surface area contributed by atoms with Gasteiger partial charge in [0.05, 0.1) is 0 Å². The van der Waals surface area contributed by atoms with E-state index in [1.165, 1.54) is 0 Å². The average Bonchev–Trinajstić information content (AvgIpc) is 2.06. The summed E-state index contributed by atoms with van der Waals surface area (Å²) in [6.07, 6.45) is 0. The minimum absolute atomic E-state index is 0.0579. The average molecular weight is 162 g/mol. The Kier molecular flexibility index (Phi) is 2.86. The molecule has 1 rings (SSSR count). The van der Waals surface area contributed by atoms with Gasteiger partial charge in [-0.05, 0) is 26.0 Å². The van der Waals surface area contributed by atoms with E-state index in [1.807, 2.05) is 31.2 Å². The fraction of sp³-hybridized carbons (Fsp3) is 0.200. The van der Waals surface area contributed by atoms with Gasteiger partial charge < -0.3 is 5.32 Å². The number of amides is 1. The maximum Gasteiger partial charge on any atom is 0.251 e. The Labute approximate surface area is 72.6 Å². The summed E-state index contributed by atoms with van der Waals surface area (Å²) < 4.78 is 0. The number of carbonyl (C=O) groups excluding carboxylic acids is 1. The standard InChI is InChI=1S/C10H12NO/c1-3-11-10(12)9-6-4-8(2)5-7-9/h3-7H,1-2H3,(H,11,12). The molecule has 0 atom stereocenters. The molecule has 0 unspecified atom stereocenters. The summed E-state index contributed by atoms with van der Waals surface area (Å²) in [6.45, 7) is 5.40. The molecule has 2 heteroatoms. The number of hydrogen-bond donors (Lipinski definition) is 1. The zero-order chi connectivity index (χ0) is 8.97. The first-order valence-corrected chi connectivity index (χ1v) is 3.89. The number of carbonyl (C=O) groups is 1. The third kappa shape index (κ3) is 2.09. The van der Waals surface area contributed by atoms with Gasteiger partial charge in [-0.15, -0.1) is 0 Å². The molecule has 12 heavy (non-hydrogen) atoms. The van der Waals surface area contributed by atoms with E-state index in [2.05, 4.69) is 5.32 Å². The molecule has 0 fully saturated rings. The van der Waals surface area contributed by atoms with E-state index in [9.17, 15) is 4.79 Å². The van der Waals surface area contributed by atoms with Gasteiger partial charge in [0.2, 0.25) is 0 Å². The summed E-state index contributed by atoms with van der Waals surface area (Å²) >= 11 is 0. The second kappa shape index (κ2) is 3.90. The molecule has 1 radical (unpaired) electrons. The van der Waals surface area contributed by atoms with E-state index in [0.717, 1.165) is 5.56 Å². The maximum atomic E-state index is 11.2. The van der Waals surface area contributed by atoms with Crippen molar-refractivity contribution in [2.24, 2.45) is 0 Å². The third-order valence-electron chi connectivity index (χ3n) is 1.59. The Morgan fingerprint density at radius 2 is 1.92 bits per heavy atom. The van der Waals surface area contributed by atoms with Crippen LogP contribution in [0, 0.1) is 13.5 Å². The lowest BCUT2D eigenvalue weighted by atomic mass is 10.1. The minimum atomic E-state index is -0.0579. The van der Waals surface area contributed by atoms with Crippen LogP contribution in [0.2, 0.25) is 0 Å². The third-order valence-corrected chi connectivity index (χ3v) is 1.59. The van der Waals surface area contributed by atoms with E-state index in [-0.39, 0.29) is 5.91 Å². The van der Waals surface area contributed by atoms with E-state index in [0.29, 0.717) is 5.56 Å². The Balaban J connectivity index is 2.75. The first-order valence-electron chi connectivity index (χ1n) is 3.89. The predicted octanol–water partition coefficient (Wildman–Crippen LogP) is 1.91. The number of benzene rings is 1. The van der Waals surface area contributed by atoms with Gasteiger partial charge in [-0.1, -0.05) is 17.7 Å². The molecule has 1 aromatic carbocycles. The molecular formula is C10H12NO. The van der Waals surface area contributed by atoms with Gasteiger partial charge in [0.1, 0.15) is 0 Å². The smallest absolute Gasteiger partial charge is 0.251 e. The van der Waals surface area contributed by atoms with Crippen LogP contribution in [0.3, 0.4) is 0 Å². The molecular weight excluding hydrogens is 150 g/mol. The van der Waals surface area contributed by atoms with Crippen molar-refractivity contribution in [1.82, 2.24) is 5.32 Å². The van der Waals surface area contributed by atoms with Crippen molar-refractivity contribution in [2.75, 3.05) is 0 Å². The normalized spacial score (nSPS) is 9.50. The molecule has 1 aromatic rings. The lowest BCUT2D eigenvalue weighted by molar-refractivity contribution is 0.0964. The first kappa shape index (κ1) is 8.78. The molecule has 0 saturated heterocycles. The van der Waals surface area contributed by atoms with Crippen molar-refractivity contribution < 1.29 is 4.79 Å². The van der Waals surface area contributed by atoms with Gasteiger partial charge in [-0.3, -0.25) is 4.79 Å². The highest BCUT2D eigenvalue weighted by atomic mass is 16.1. The Bertz CT molecular complexity index is 264. The van der Waals surface area contributed by atoms with Crippen molar-refractivity contribution in [2.45, 2.75) is 13.8 Å². The molecule has 0 aliphatic heterocycles. The fourth-order valence-electron chi connectivity index (χ4n) is 0.919. The zero-order valence-electron chi connectivity index (χ0n) is 7.29. The van der Waals surface area contributed by atoms with E-state index >= 15 is 0 Å². The van der Waals surface area contributed by atoms with Gasteiger partial charge in [-0.25, -0.2) is 0 Å². The van der Waals surface area contributed by atoms with Crippen molar-refractivity contribution >= 4 is 5.91 Å². The van der Waals surface area contributed by atoms with E-state index in [1.54, 1.807) is 13.5 Å². The Hall–Kier alpha value is -1.31. The van der Waals surface area contributed by atoms with Gasteiger partial charge in [0, 0.05) is 12.1 Å². The van der Waals surface area contributed by atoms with E-state index < -0.39 is 0 Å². The first-order chi connectivity index (χ1) is 5.74. The number of aryl methyl sites for hydroxylation is 1. The van der Waals surface area contributed by atoms with Crippen LogP contribution in [0.5, 0.6) is 0 Å². The lowest BCUT2D eigenvalue weighted by Crippen LogP contribution is -2.18. The van der Waals surface area contributed by atoms with Crippen LogP contribution in [0.1, 0.15) is 22.8 Å². The molecule has 0 saturated carbocycles. The lowest BCUT2D eigenvalue weighted by Gasteiger charge is -2.00. The summed E-state index contributed by atoms with van der Waals surface area (Å²) in [7, 11) is 0. The summed E-state index contributed by atoms with van der Waals surface area (Å²) in [5.74, 6) is -0.0579. The highest BCUT2D eigenvalue weighted by molar-refractivity contribution is 5.94. The maximum absolute atomic E-state index is 11.2. The van der Waals surface area contributed by atoms with Crippen LogP contribution in [0.15, 0.2) is 24.3 Å². The molecule has 1 N–H and O–H groups in total. The van der Waals surface area contributed by atoms with E-state index in [4.69, 9.17) is 0 Å². The summed E-state index contributed by atoms with van der Waals surface area (Å²) in [4.78, 5) is 11.2. The quantitative estimate of drug-likeness (QED) is 0.707. The number of nitrogens with one attached hydrogen (secondary N) is 1. The van der Waals surface area contributed by atoms with Crippen LogP contribution in [-0.2, 0) is 0 Å². The van der Waals surface area contributed by atoms with Gasteiger partial charge in [-0.2, -0.15) is 0 Å². The molecule has 0 aliphatic carbocycles. The second-order valence-corrected chi connectivity index (χ2v) is 2.63. The second-order valence-electron chi connectivity index (χ2n) is 2.63. The molecule has 0 aliphatic rings. The Morgan fingerprint density at radius 3 is 2.42 bits per heavy atom. The molecule has 0 spiro atoms. The highest BCUT2D eigenvalue weighted by Crippen LogP contribution is 2.02. The Morgan fingerprint density at radius 1 is 1.33 bits per heavy atom. The molecule has 63 valence electrons. The van der Waals surface area contributed by atoms with Crippen molar-refractivity contribution in [3.8, 4) is 0 Å². The molecule has 0 bridgehead atoms. The molecule has 1 amide bonds. The number of rotatable bonds is 2. The largest absolute Gasteiger partial charge is 0.348 e. The van der Waals surface area contributed by atoms with Gasteiger partial charge in [0.25, 0.3) is 5.91 Å². The number of hydrogen-bond acceptors (Lipinski definition) is 1. The van der Waals surface area contributed by atoms with Gasteiger partial charge in [0.15, 0.2) is 0 Å². The topological polar surface area (TPSA) is 29.1 Å². The highest BCUT2D eigenvalue weighted by Gasteiger charge is 2.01. The van der Waals surface area contributed by atoms with Gasteiger partial charge >= 0.3 is 0 Å². The van der Waals surface area contributed by atoms with Crippen LogP contribution >= 0.6 is 0 Å². The van der Waals surface area contributed by atoms with Crippen molar-refractivity contribution in [3.05, 3.63) is 41.9 Å². The molecule has 0 aromatic heterocycles. The summed E-state index contributed by atoms with van der Waals surface area (Å²) in [6, 6.07) is 7.47. The van der Waals surface area contributed by atoms with Crippen LogP contribution in [0.4, 0.5) is 0 Å². The SMILES string of the molecule is C[CH]NC(=O)c1ccc(C)cc1. The fourth-order valence-corrected chi connectivity index (χ4v) is 0.919. The zero-order valence-corrected chi connectivity index (χ0v) is 7.29. The van der Waals surface area contributed by atoms with Crippen LogP contribution < -0.4 is 5.32 Å². The summed E-state index contributed by atoms with van der Waals surface area (Å²) in [5, 5.41) is 2.62. The summed E-state index contributed by atoms with van der Waals surface area (Å²) in [5.41, 5.74) is 1.85. The molecule has 0 heterocycles. The predicted molar refractivity (Wildman–Crippen MR) is 48.6 cm³/mol. The van der Waals surface area contributed by atoms with Crippen LogP contribution in [-0.4, -0.2) is 5.91 Å². The van der Waals surface area contributed by atoms with Crippen molar-refractivity contribution in [1.29, 1.82) is 0 Å². The van der Waals surface area contributed by atoms with Crippen molar-refractivity contribution in [3.63, 3.8) is 0 Å². The van der Waals surface area contributed by atoms with Crippen LogP contribution in [0.25, 0.3) is 0 Å². The minimum Gasteiger partial charge on any atom is -0.348 e. The molecule has 2 nitrogen and oxygen atoms in total. The monoisotopic (exact) mass is 162 g/mol.